The van der Waals surface area contributed by atoms with Gasteiger partial charge in [0.05, 0.1) is 6.20 Å². The third kappa shape index (κ3) is 1.48. The van der Waals surface area contributed by atoms with E-state index in [2.05, 4.69) is 10.3 Å². The molecule has 1 N–H and O–H groups in total. The first-order valence-corrected chi connectivity index (χ1v) is 3.23. The lowest BCUT2D eigenvalue weighted by molar-refractivity contribution is -0.118. The minimum Gasteiger partial charge on any atom is -0.481 e. The molecule has 12 heavy (non-hydrogen) atoms. The van der Waals surface area contributed by atoms with Crippen molar-refractivity contribution in [3.63, 3.8) is 0 Å². The van der Waals surface area contributed by atoms with E-state index in [1.165, 1.54) is 0 Å². The van der Waals surface area contributed by atoms with E-state index in [0.29, 0.717) is 11.4 Å². The maximum Gasteiger partial charge on any atom is 0.262 e. The van der Waals surface area contributed by atoms with Crippen molar-refractivity contribution in [1.29, 1.82) is 0 Å². The molecule has 0 fully saturated rings. The fourth-order valence-corrected chi connectivity index (χ4v) is 0.931. The minimum absolute atomic E-state index is 0. The second kappa shape index (κ2) is 3.40. The number of nitrogens with zero attached hydrogens (tertiary/aromatic N) is 1. The number of nitrogens with one attached hydrogen (secondary N) is 1. The van der Waals surface area contributed by atoms with Crippen LogP contribution in [0.1, 0.15) is 0 Å². The van der Waals surface area contributed by atoms with E-state index in [1.54, 1.807) is 18.5 Å². The molecule has 1 aromatic heterocycles. The quantitative estimate of drug-likeness (QED) is 0.653. The molecule has 0 aromatic carbocycles. The van der Waals surface area contributed by atoms with Crippen LogP contribution in [-0.4, -0.2) is 17.5 Å². The fourth-order valence-electron chi connectivity index (χ4n) is 0.931. The summed E-state index contributed by atoms with van der Waals surface area (Å²) in [6.07, 6.45) is 3.18. The van der Waals surface area contributed by atoms with Gasteiger partial charge in [-0.2, -0.15) is 0 Å². The molecule has 64 valence electrons. The summed E-state index contributed by atoms with van der Waals surface area (Å²) in [5.74, 6) is 0.546. The molecule has 2 rings (SSSR count). The molecule has 0 atom stereocenters. The Bertz CT molecular complexity index is 303. The molecule has 4 nitrogen and oxygen atoms in total. The molecule has 0 aliphatic carbocycles. The number of halogens is 1. The van der Waals surface area contributed by atoms with Gasteiger partial charge in [-0.05, 0) is 0 Å². The van der Waals surface area contributed by atoms with Crippen LogP contribution in [0.4, 0.5) is 5.69 Å². The molecular formula is C7H7ClN2O2. The third-order valence-corrected chi connectivity index (χ3v) is 1.41. The van der Waals surface area contributed by atoms with Crippen LogP contribution in [0.5, 0.6) is 5.75 Å². The van der Waals surface area contributed by atoms with Gasteiger partial charge in [0, 0.05) is 12.3 Å². The first-order chi connectivity index (χ1) is 5.36. The van der Waals surface area contributed by atoms with Crippen molar-refractivity contribution in [3.8, 4) is 5.75 Å². The van der Waals surface area contributed by atoms with Gasteiger partial charge in [-0.15, -0.1) is 12.4 Å². The average molecular weight is 187 g/mol. The van der Waals surface area contributed by atoms with Crippen molar-refractivity contribution >= 4 is 24.0 Å². The van der Waals surface area contributed by atoms with Gasteiger partial charge in [-0.3, -0.25) is 9.78 Å². The lowest BCUT2D eigenvalue weighted by Crippen LogP contribution is -2.25. The van der Waals surface area contributed by atoms with Crippen molar-refractivity contribution in [2.24, 2.45) is 0 Å². The maximum absolute atomic E-state index is 10.8. The van der Waals surface area contributed by atoms with E-state index in [0.717, 1.165) is 0 Å². The smallest absolute Gasteiger partial charge is 0.262 e. The van der Waals surface area contributed by atoms with Crippen LogP contribution in [-0.2, 0) is 4.79 Å². The number of fused-ring (bicyclic) bond motifs is 1. The van der Waals surface area contributed by atoms with Gasteiger partial charge < -0.3 is 10.1 Å². The Morgan fingerprint density at radius 3 is 3.25 bits per heavy atom. The Morgan fingerprint density at radius 2 is 2.42 bits per heavy atom. The predicted octanol–water partition coefficient (Wildman–Crippen LogP) is 0.834. The standard InChI is InChI=1S/C7H6N2O2.ClH/c10-7-4-11-6-1-2-8-3-5(6)9-7;/h1-3H,4H2,(H,9,10);1H. The van der Waals surface area contributed by atoms with Crippen LogP contribution in [0, 0.1) is 0 Å². The van der Waals surface area contributed by atoms with Crippen molar-refractivity contribution in [3.05, 3.63) is 18.5 Å². The van der Waals surface area contributed by atoms with Crippen LogP contribution in [0.15, 0.2) is 18.5 Å². The van der Waals surface area contributed by atoms with Gasteiger partial charge in [0.2, 0.25) is 0 Å². The molecule has 1 aliphatic heterocycles. The molecular weight excluding hydrogens is 180 g/mol. The summed E-state index contributed by atoms with van der Waals surface area (Å²) in [5, 5.41) is 2.63. The Hall–Kier alpha value is -1.29. The minimum atomic E-state index is -0.134. The number of ether oxygens (including phenoxy) is 1. The van der Waals surface area contributed by atoms with Crippen LogP contribution in [0.25, 0.3) is 0 Å². The van der Waals surface area contributed by atoms with Crippen LogP contribution in [0.2, 0.25) is 0 Å². The SMILES string of the molecule is Cl.O=C1COc2ccncc2N1. The Labute approximate surface area is 75.4 Å². The summed E-state index contributed by atoms with van der Waals surface area (Å²) in [7, 11) is 0. The number of hydrogen-bond donors (Lipinski definition) is 1. The van der Waals surface area contributed by atoms with Gasteiger partial charge >= 0.3 is 0 Å². The third-order valence-electron chi connectivity index (χ3n) is 1.41. The summed E-state index contributed by atoms with van der Waals surface area (Å²) >= 11 is 0. The molecule has 0 spiro atoms. The molecule has 0 saturated carbocycles. The van der Waals surface area contributed by atoms with Gasteiger partial charge in [0.25, 0.3) is 5.91 Å². The highest BCUT2D eigenvalue weighted by atomic mass is 35.5. The molecule has 0 saturated heterocycles. The first kappa shape index (κ1) is 8.80. The van der Waals surface area contributed by atoms with Crippen molar-refractivity contribution in [2.45, 2.75) is 0 Å². The van der Waals surface area contributed by atoms with Gasteiger partial charge in [0.1, 0.15) is 11.4 Å². The molecule has 2 heterocycles. The van der Waals surface area contributed by atoms with Crippen LogP contribution < -0.4 is 10.1 Å². The molecule has 0 radical (unpaired) electrons. The Kier molecular flexibility index (Phi) is 2.50. The number of carbonyl (C=O) groups excluding carboxylic acids is 1. The lowest BCUT2D eigenvalue weighted by atomic mass is 10.3. The number of carbonyl (C=O) groups is 1. The Balaban J connectivity index is 0.000000720. The number of aromatic nitrogens is 1. The molecule has 0 unspecified atom stereocenters. The normalized spacial score (nSPS) is 13.5. The second-order valence-corrected chi connectivity index (χ2v) is 2.21. The van der Waals surface area contributed by atoms with Crippen molar-refractivity contribution in [1.82, 2.24) is 4.98 Å². The first-order valence-electron chi connectivity index (χ1n) is 3.23. The summed E-state index contributed by atoms with van der Waals surface area (Å²) < 4.78 is 5.08. The monoisotopic (exact) mass is 186 g/mol. The predicted molar refractivity (Wildman–Crippen MR) is 45.6 cm³/mol. The number of hydrogen-bond acceptors (Lipinski definition) is 3. The van der Waals surface area contributed by atoms with E-state index in [1.807, 2.05) is 0 Å². The largest absolute Gasteiger partial charge is 0.481 e. The van der Waals surface area contributed by atoms with Crippen molar-refractivity contribution in [2.75, 3.05) is 11.9 Å². The van der Waals surface area contributed by atoms with Gasteiger partial charge in [-0.25, -0.2) is 0 Å². The highest BCUT2D eigenvalue weighted by Gasteiger charge is 2.14. The number of rotatable bonds is 0. The Morgan fingerprint density at radius 1 is 1.58 bits per heavy atom. The van der Waals surface area contributed by atoms with E-state index in [9.17, 15) is 4.79 Å². The molecule has 1 amide bonds. The summed E-state index contributed by atoms with van der Waals surface area (Å²) in [4.78, 5) is 14.6. The summed E-state index contributed by atoms with van der Waals surface area (Å²) in [6, 6.07) is 1.72. The number of anilines is 1. The summed E-state index contributed by atoms with van der Waals surface area (Å²) in [5.41, 5.74) is 0.642. The van der Waals surface area contributed by atoms with Gasteiger partial charge in [-0.1, -0.05) is 0 Å². The van der Waals surface area contributed by atoms with E-state index >= 15 is 0 Å². The zero-order valence-electron chi connectivity index (χ0n) is 6.11. The van der Waals surface area contributed by atoms with E-state index < -0.39 is 0 Å². The van der Waals surface area contributed by atoms with Crippen LogP contribution in [0.3, 0.4) is 0 Å². The average Bonchev–Trinajstić information content (AvgIpc) is 2.04. The molecule has 0 bridgehead atoms. The van der Waals surface area contributed by atoms with Crippen molar-refractivity contribution < 1.29 is 9.53 Å². The van der Waals surface area contributed by atoms with Crippen LogP contribution >= 0.6 is 12.4 Å². The maximum atomic E-state index is 10.8. The second-order valence-electron chi connectivity index (χ2n) is 2.21. The molecule has 5 heteroatoms. The van der Waals surface area contributed by atoms with E-state index in [4.69, 9.17) is 4.74 Å². The summed E-state index contributed by atoms with van der Waals surface area (Å²) in [6.45, 7) is 0.0943. The molecule has 1 aromatic rings. The van der Waals surface area contributed by atoms with E-state index in [-0.39, 0.29) is 24.9 Å². The highest BCUT2D eigenvalue weighted by molar-refractivity contribution is 5.94. The lowest BCUT2D eigenvalue weighted by Gasteiger charge is -2.16. The number of amides is 1. The fraction of sp³-hybridized carbons (Fsp3) is 0.143. The van der Waals surface area contributed by atoms with Gasteiger partial charge in [0.15, 0.2) is 6.61 Å². The topological polar surface area (TPSA) is 51.2 Å². The highest BCUT2D eigenvalue weighted by Crippen LogP contribution is 2.24. The zero-order valence-corrected chi connectivity index (χ0v) is 6.93. The zero-order chi connectivity index (χ0) is 7.68. The number of pyridine rings is 1. The molecule has 1 aliphatic rings.